The molecule has 0 amide bonds. The van der Waals surface area contributed by atoms with Crippen molar-refractivity contribution in [3.05, 3.63) is 12.2 Å². The van der Waals surface area contributed by atoms with Gasteiger partial charge in [0.2, 0.25) is 0 Å². The van der Waals surface area contributed by atoms with E-state index in [2.05, 4.69) is 4.74 Å². The molecule has 0 aromatic heterocycles. The molecule has 14 heavy (non-hydrogen) atoms. The van der Waals surface area contributed by atoms with Gasteiger partial charge in [0.1, 0.15) is 6.04 Å². The smallest absolute Gasteiger partial charge is 0.330 e. The highest BCUT2D eigenvalue weighted by Crippen LogP contribution is 1.96. The Morgan fingerprint density at radius 1 is 1.57 bits per heavy atom. The molecule has 0 saturated carbocycles. The van der Waals surface area contributed by atoms with Crippen LogP contribution in [0.5, 0.6) is 0 Å². The number of esters is 1. The number of aliphatic carboxylic acids is 1. The van der Waals surface area contributed by atoms with Gasteiger partial charge >= 0.3 is 11.9 Å². The van der Waals surface area contributed by atoms with Crippen molar-refractivity contribution in [1.29, 1.82) is 0 Å². The maximum atomic E-state index is 10.8. The molecule has 3 N–H and O–H groups in total. The van der Waals surface area contributed by atoms with Crippen LogP contribution in [0.15, 0.2) is 12.2 Å². The van der Waals surface area contributed by atoms with E-state index < -0.39 is 18.0 Å². The fourth-order valence-electron chi connectivity index (χ4n) is 0.769. The Balaban J connectivity index is 3.63. The Morgan fingerprint density at radius 3 is 2.71 bits per heavy atom. The molecular formula is C9H15NO4. The molecule has 0 fully saturated rings. The van der Waals surface area contributed by atoms with Gasteiger partial charge in [-0.2, -0.15) is 0 Å². The molecule has 0 bridgehead atoms. The van der Waals surface area contributed by atoms with Crippen molar-refractivity contribution in [3.8, 4) is 0 Å². The van der Waals surface area contributed by atoms with E-state index >= 15 is 0 Å². The molecule has 5 heteroatoms. The van der Waals surface area contributed by atoms with Crippen molar-refractivity contribution >= 4 is 11.9 Å². The molecule has 0 aromatic rings. The van der Waals surface area contributed by atoms with Crippen LogP contribution in [-0.4, -0.2) is 29.7 Å². The van der Waals surface area contributed by atoms with Crippen LogP contribution in [0.2, 0.25) is 0 Å². The fourth-order valence-corrected chi connectivity index (χ4v) is 0.769. The van der Waals surface area contributed by atoms with E-state index in [4.69, 9.17) is 10.8 Å². The second-order valence-electron chi connectivity index (χ2n) is 2.68. The highest BCUT2D eigenvalue weighted by molar-refractivity contribution is 5.81. The normalized spacial score (nSPS) is 12.7. The Kier molecular flexibility index (Phi) is 6.39. The lowest BCUT2D eigenvalue weighted by molar-refractivity contribution is -0.139. The Labute approximate surface area is 82.5 Å². The summed E-state index contributed by atoms with van der Waals surface area (Å²) >= 11 is 0. The first-order chi connectivity index (χ1) is 6.57. The number of carboxylic acid groups (broad SMARTS) is 1. The average molecular weight is 201 g/mol. The van der Waals surface area contributed by atoms with Crippen molar-refractivity contribution in [3.63, 3.8) is 0 Å². The van der Waals surface area contributed by atoms with E-state index in [0.29, 0.717) is 19.4 Å². The molecule has 0 radical (unpaired) electrons. The van der Waals surface area contributed by atoms with Gasteiger partial charge in [0, 0.05) is 6.08 Å². The summed E-state index contributed by atoms with van der Waals surface area (Å²) in [5, 5.41) is 8.43. The minimum atomic E-state index is -1.03. The van der Waals surface area contributed by atoms with E-state index in [1.165, 1.54) is 6.08 Å². The van der Waals surface area contributed by atoms with Crippen LogP contribution in [0.3, 0.4) is 0 Å². The van der Waals surface area contributed by atoms with Gasteiger partial charge in [-0.15, -0.1) is 0 Å². The minimum Gasteiger partial charge on any atom is -0.480 e. The van der Waals surface area contributed by atoms with E-state index in [9.17, 15) is 9.59 Å². The lowest BCUT2D eigenvalue weighted by atomic mass is 10.1. The van der Waals surface area contributed by atoms with Gasteiger partial charge < -0.3 is 15.6 Å². The Hall–Kier alpha value is -1.36. The van der Waals surface area contributed by atoms with Crippen LogP contribution in [0.4, 0.5) is 0 Å². The minimum absolute atomic E-state index is 0.311. The summed E-state index contributed by atoms with van der Waals surface area (Å²) in [6.45, 7) is 2.05. The number of carbonyl (C=O) groups excluding carboxylic acids is 1. The monoisotopic (exact) mass is 201 g/mol. The predicted octanol–water partition coefficient (Wildman–Crippen LogP) is 0.298. The molecule has 0 aliphatic heterocycles. The van der Waals surface area contributed by atoms with Gasteiger partial charge in [0.15, 0.2) is 0 Å². The number of hydrogen-bond donors (Lipinski definition) is 2. The number of hydrogen-bond acceptors (Lipinski definition) is 4. The third kappa shape index (κ3) is 6.19. The topological polar surface area (TPSA) is 89.6 Å². The maximum absolute atomic E-state index is 10.8. The van der Waals surface area contributed by atoms with Gasteiger partial charge in [0.05, 0.1) is 6.61 Å². The molecule has 5 nitrogen and oxygen atoms in total. The molecule has 0 spiro atoms. The predicted molar refractivity (Wildman–Crippen MR) is 50.6 cm³/mol. The second-order valence-corrected chi connectivity index (χ2v) is 2.68. The Morgan fingerprint density at radius 2 is 2.21 bits per heavy atom. The zero-order valence-corrected chi connectivity index (χ0v) is 8.10. The number of carboxylic acids is 1. The van der Waals surface area contributed by atoms with Gasteiger partial charge in [-0.25, -0.2) is 4.79 Å². The van der Waals surface area contributed by atoms with Crippen LogP contribution in [0, 0.1) is 0 Å². The largest absolute Gasteiger partial charge is 0.480 e. The SMILES string of the molecule is CCOC(=O)/C=C/CCC(N)C(=O)O. The second kappa shape index (κ2) is 7.08. The Bertz CT molecular complexity index is 225. The first kappa shape index (κ1) is 12.6. The maximum Gasteiger partial charge on any atom is 0.330 e. The number of ether oxygens (including phenoxy) is 1. The van der Waals surface area contributed by atoms with Crippen molar-refractivity contribution in [2.45, 2.75) is 25.8 Å². The van der Waals surface area contributed by atoms with E-state index in [-0.39, 0.29) is 0 Å². The summed E-state index contributed by atoms with van der Waals surface area (Å²) < 4.78 is 4.62. The molecule has 0 heterocycles. The van der Waals surface area contributed by atoms with Gasteiger partial charge in [0.25, 0.3) is 0 Å². The van der Waals surface area contributed by atoms with E-state index in [0.717, 1.165) is 0 Å². The number of nitrogens with two attached hydrogens (primary N) is 1. The lowest BCUT2D eigenvalue weighted by Gasteiger charge is -2.02. The van der Waals surface area contributed by atoms with Gasteiger partial charge in [-0.1, -0.05) is 6.08 Å². The highest BCUT2D eigenvalue weighted by Gasteiger charge is 2.08. The van der Waals surface area contributed by atoms with Crippen molar-refractivity contribution in [1.82, 2.24) is 0 Å². The first-order valence-electron chi connectivity index (χ1n) is 4.39. The summed E-state index contributed by atoms with van der Waals surface area (Å²) in [6, 6.07) is -0.873. The summed E-state index contributed by atoms with van der Waals surface area (Å²) in [4.78, 5) is 21.1. The molecular weight excluding hydrogens is 186 g/mol. The number of carbonyl (C=O) groups is 2. The van der Waals surface area contributed by atoms with Crippen molar-refractivity contribution < 1.29 is 19.4 Å². The summed E-state index contributed by atoms with van der Waals surface area (Å²) in [5.74, 6) is -1.45. The zero-order chi connectivity index (χ0) is 11.0. The van der Waals surface area contributed by atoms with Crippen LogP contribution in [-0.2, 0) is 14.3 Å². The van der Waals surface area contributed by atoms with Crippen molar-refractivity contribution in [2.24, 2.45) is 5.73 Å². The average Bonchev–Trinajstić information content (AvgIpc) is 2.12. The quantitative estimate of drug-likeness (QED) is 0.476. The van der Waals surface area contributed by atoms with Crippen LogP contribution >= 0.6 is 0 Å². The van der Waals surface area contributed by atoms with Crippen LogP contribution in [0.25, 0.3) is 0 Å². The third-order valence-electron chi connectivity index (χ3n) is 1.50. The van der Waals surface area contributed by atoms with Gasteiger partial charge in [-0.3, -0.25) is 4.79 Å². The van der Waals surface area contributed by atoms with E-state index in [1.807, 2.05) is 0 Å². The van der Waals surface area contributed by atoms with Crippen LogP contribution < -0.4 is 5.73 Å². The standard InChI is InChI=1S/C9H15NO4/c1-2-14-8(11)6-4-3-5-7(10)9(12)13/h4,6-7H,2-3,5,10H2,1H3,(H,12,13)/b6-4+. The molecule has 0 saturated heterocycles. The summed E-state index contributed by atoms with van der Waals surface area (Å²) in [5.41, 5.74) is 5.24. The summed E-state index contributed by atoms with van der Waals surface area (Å²) in [7, 11) is 0. The molecule has 1 unspecified atom stereocenters. The zero-order valence-electron chi connectivity index (χ0n) is 8.10. The number of allylic oxidation sites excluding steroid dienone is 1. The third-order valence-corrected chi connectivity index (χ3v) is 1.50. The number of rotatable bonds is 6. The highest BCUT2D eigenvalue weighted by atomic mass is 16.5. The molecule has 0 aliphatic carbocycles. The van der Waals surface area contributed by atoms with Crippen molar-refractivity contribution in [2.75, 3.05) is 6.61 Å². The molecule has 0 aromatic carbocycles. The summed E-state index contributed by atoms with van der Waals surface area (Å²) in [6.07, 6.45) is 3.59. The fraction of sp³-hybridized carbons (Fsp3) is 0.556. The first-order valence-corrected chi connectivity index (χ1v) is 4.39. The molecule has 0 rings (SSSR count). The van der Waals surface area contributed by atoms with Crippen LogP contribution in [0.1, 0.15) is 19.8 Å². The molecule has 1 atom stereocenters. The molecule has 80 valence electrons. The lowest BCUT2D eigenvalue weighted by Crippen LogP contribution is -2.29. The van der Waals surface area contributed by atoms with Gasteiger partial charge in [-0.05, 0) is 19.8 Å². The van der Waals surface area contributed by atoms with E-state index in [1.54, 1.807) is 13.0 Å². The molecule has 0 aliphatic rings.